The monoisotopic (exact) mass is 244 g/mol. The molecule has 0 radical (unpaired) electrons. The van der Waals surface area contributed by atoms with Gasteiger partial charge in [-0.15, -0.1) is 0 Å². The van der Waals surface area contributed by atoms with E-state index in [0.29, 0.717) is 0 Å². The molecule has 1 saturated carbocycles. The van der Waals surface area contributed by atoms with Gasteiger partial charge < -0.3 is 9.47 Å². The van der Waals surface area contributed by atoms with Crippen molar-refractivity contribution in [3.05, 3.63) is 47.7 Å². The summed E-state index contributed by atoms with van der Waals surface area (Å²) in [6.07, 6.45) is 7.40. The number of allylic oxidation sites excluding steroid dienone is 1. The van der Waals surface area contributed by atoms with E-state index < -0.39 is 0 Å². The van der Waals surface area contributed by atoms with Gasteiger partial charge in [0.25, 0.3) is 0 Å². The summed E-state index contributed by atoms with van der Waals surface area (Å²) < 4.78 is 12.3. The molecule has 1 aromatic rings. The number of rotatable bonds is 1. The third-order valence-electron chi connectivity index (χ3n) is 3.81. The van der Waals surface area contributed by atoms with E-state index in [1.807, 2.05) is 13.0 Å². The Morgan fingerprint density at radius 3 is 2.50 bits per heavy atom. The van der Waals surface area contributed by atoms with Crippen molar-refractivity contribution in [3.8, 4) is 0 Å². The van der Waals surface area contributed by atoms with E-state index in [1.165, 1.54) is 18.4 Å². The van der Waals surface area contributed by atoms with Crippen LogP contribution in [0.4, 0.5) is 0 Å². The lowest BCUT2D eigenvalue weighted by molar-refractivity contribution is -0.0769. The van der Waals surface area contributed by atoms with Gasteiger partial charge in [0.05, 0.1) is 11.9 Å². The van der Waals surface area contributed by atoms with Crippen LogP contribution < -0.4 is 0 Å². The molecule has 1 aliphatic heterocycles. The summed E-state index contributed by atoms with van der Waals surface area (Å²) >= 11 is 0. The van der Waals surface area contributed by atoms with Crippen molar-refractivity contribution in [1.29, 1.82) is 0 Å². The predicted molar refractivity (Wildman–Crippen MR) is 71.2 cm³/mol. The summed E-state index contributed by atoms with van der Waals surface area (Å²) in [4.78, 5) is 0. The maximum atomic E-state index is 6.27. The zero-order chi connectivity index (χ0) is 12.4. The van der Waals surface area contributed by atoms with Crippen LogP contribution in [-0.2, 0) is 9.47 Å². The van der Waals surface area contributed by atoms with Crippen molar-refractivity contribution in [1.82, 2.24) is 0 Å². The van der Waals surface area contributed by atoms with Crippen LogP contribution in [0.1, 0.15) is 44.3 Å². The first-order valence-electron chi connectivity index (χ1n) is 6.88. The van der Waals surface area contributed by atoms with Crippen molar-refractivity contribution in [2.75, 3.05) is 0 Å². The van der Waals surface area contributed by atoms with E-state index in [4.69, 9.17) is 9.47 Å². The zero-order valence-corrected chi connectivity index (χ0v) is 10.8. The number of benzene rings is 1. The Morgan fingerprint density at radius 1 is 1.00 bits per heavy atom. The highest BCUT2D eigenvalue weighted by Crippen LogP contribution is 2.34. The van der Waals surface area contributed by atoms with Gasteiger partial charge in [-0.25, -0.2) is 0 Å². The minimum Gasteiger partial charge on any atom is -0.493 e. The molecule has 1 fully saturated rings. The van der Waals surface area contributed by atoms with E-state index in [9.17, 15) is 0 Å². The standard InChI is InChI=1S/C16H20O2/c1-12-11-16(13-7-3-2-4-8-13)18-15-10-6-5-9-14(15)17-12/h2-4,7-8,11,14-16H,5-6,9-10H2,1H3. The lowest BCUT2D eigenvalue weighted by atomic mass is 9.94. The number of fused-ring (bicyclic) bond motifs is 1. The fraction of sp³-hybridized carbons (Fsp3) is 0.500. The molecular weight excluding hydrogens is 224 g/mol. The second-order valence-corrected chi connectivity index (χ2v) is 5.22. The predicted octanol–water partition coefficient (Wildman–Crippen LogP) is 3.99. The molecule has 0 aromatic heterocycles. The molecule has 3 rings (SSSR count). The zero-order valence-electron chi connectivity index (χ0n) is 10.8. The van der Waals surface area contributed by atoms with Gasteiger partial charge >= 0.3 is 0 Å². The van der Waals surface area contributed by atoms with Crippen LogP contribution in [0, 0.1) is 0 Å². The maximum absolute atomic E-state index is 6.27. The van der Waals surface area contributed by atoms with Crippen LogP contribution in [0.25, 0.3) is 0 Å². The van der Waals surface area contributed by atoms with Crippen LogP contribution in [0.15, 0.2) is 42.2 Å². The molecule has 1 aliphatic carbocycles. The second kappa shape index (κ2) is 5.15. The molecule has 2 heteroatoms. The van der Waals surface area contributed by atoms with Gasteiger partial charge in [-0.05, 0) is 37.8 Å². The van der Waals surface area contributed by atoms with Gasteiger partial charge in [0.1, 0.15) is 12.2 Å². The summed E-state index contributed by atoms with van der Waals surface area (Å²) in [7, 11) is 0. The summed E-state index contributed by atoms with van der Waals surface area (Å²) in [5, 5.41) is 0. The Labute approximate surface area is 109 Å². The highest BCUT2D eigenvalue weighted by atomic mass is 16.6. The minimum atomic E-state index is 0.0410. The number of hydrogen-bond donors (Lipinski definition) is 0. The fourth-order valence-electron chi connectivity index (χ4n) is 2.89. The molecule has 0 N–H and O–H groups in total. The van der Waals surface area contributed by atoms with Crippen LogP contribution in [0.5, 0.6) is 0 Å². The molecule has 1 aromatic carbocycles. The largest absolute Gasteiger partial charge is 0.493 e. The van der Waals surface area contributed by atoms with E-state index in [2.05, 4.69) is 30.3 Å². The summed E-state index contributed by atoms with van der Waals surface area (Å²) in [6.45, 7) is 2.04. The van der Waals surface area contributed by atoms with Gasteiger partial charge in [-0.2, -0.15) is 0 Å². The molecule has 0 bridgehead atoms. The molecule has 2 nitrogen and oxygen atoms in total. The van der Waals surface area contributed by atoms with E-state index >= 15 is 0 Å². The van der Waals surface area contributed by atoms with Crippen molar-refractivity contribution in [2.45, 2.75) is 50.9 Å². The van der Waals surface area contributed by atoms with Gasteiger partial charge in [0.2, 0.25) is 0 Å². The Balaban J connectivity index is 1.84. The van der Waals surface area contributed by atoms with Crippen molar-refractivity contribution < 1.29 is 9.47 Å². The van der Waals surface area contributed by atoms with Crippen molar-refractivity contribution in [3.63, 3.8) is 0 Å². The minimum absolute atomic E-state index is 0.0410. The Hall–Kier alpha value is -1.28. The first-order valence-corrected chi connectivity index (χ1v) is 6.88. The Bertz CT molecular complexity index is 424. The summed E-state index contributed by atoms with van der Waals surface area (Å²) in [5.74, 6) is 0.998. The molecule has 3 atom stereocenters. The third-order valence-corrected chi connectivity index (χ3v) is 3.81. The topological polar surface area (TPSA) is 18.5 Å². The van der Waals surface area contributed by atoms with Gasteiger partial charge in [-0.1, -0.05) is 36.8 Å². The van der Waals surface area contributed by atoms with Crippen molar-refractivity contribution in [2.24, 2.45) is 0 Å². The average Bonchev–Trinajstić information content (AvgIpc) is 2.57. The quantitative estimate of drug-likeness (QED) is 0.743. The highest BCUT2D eigenvalue weighted by molar-refractivity contribution is 5.22. The average molecular weight is 244 g/mol. The molecule has 2 aliphatic rings. The molecule has 96 valence electrons. The summed E-state index contributed by atoms with van der Waals surface area (Å²) in [6, 6.07) is 10.4. The molecule has 3 unspecified atom stereocenters. The Morgan fingerprint density at radius 2 is 1.72 bits per heavy atom. The highest BCUT2D eigenvalue weighted by Gasteiger charge is 2.32. The lowest BCUT2D eigenvalue weighted by Gasteiger charge is -2.31. The van der Waals surface area contributed by atoms with Crippen LogP contribution >= 0.6 is 0 Å². The van der Waals surface area contributed by atoms with Crippen LogP contribution in [0.3, 0.4) is 0 Å². The molecule has 0 saturated heterocycles. The third kappa shape index (κ3) is 2.44. The fourth-order valence-corrected chi connectivity index (χ4v) is 2.89. The van der Waals surface area contributed by atoms with Crippen LogP contribution in [-0.4, -0.2) is 12.2 Å². The normalized spacial score (nSPS) is 31.8. The van der Waals surface area contributed by atoms with Crippen molar-refractivity contribution >= 4 is 0 Å². The molecule has 18 heavy (non-hydrogen) atoms. The molecule has 1 heterocycles. The van der Waals surface area contributed by atoms with Crippen LogP contribution in [0.2, 0.25) is 0 Å². The SMILES string of the molecule is CC1=CC(c2ccccc2)OC2CCCCC2O1. The van der Waals surface area contributed by atoms with E-state index in [0.717, 1.165) is 18.6 Å². The molecular formula is C16H20O2. The summed E-state index contributed by atoms with van der Waals surface area (Å²) in [5.41, 5.74) is 1.21. The van der Waals surface area contributed by atoms with E-state index in [1.54, 1.807) is 0 Å². The van der Waals surface area contributed by atoms with Gasteiger partial charge in [0.15, 0.2) is 0 Å². The second-order valence-electron chi connectivity index (χ2n) is 5.22. The number of hydrogen-bond acceptors (Lipinski definition) is 2. The van der Waals surface area contributed by atoms with Gasteiger partial charge in [0, 0.05) is 0 Å². The maximum Gasteiger partial charge on any atom is 0.124 e. The first-order chi connectivity index (χ1) is 8.83. The first kappa shape index (κ1) is 11.8. The number of ether oxygens (including phenoxy) is 2. The molecule has 0 amide bonds. The Kier molecular flexibility index (Phi) is 3.37. The molecule has 0 spiro atoms. The lowest BCUT2D eigenvalue weighted by Crippen LogP contribution is -2.33. The van der Waals surface area contributed by atoms with Gasteiger partial charge in [-0.3, -0.25) is 0 Å². The smallest absolute Gasteiger partial charge is 0.124 e. The van der Waals surface area contributed by atoms with E-state index in [-0.39, 0.29) is 18.3 Å².